The number of nitrogens with zero attached hydrogens (tertiary/aromatic N) is 3. The van der Waals surface area contributed by atoms with Crippen LogP contribution in [0.2, 0.25) is 0 Å². The summed E-state index contributed by atoms with van der Waals surface area (Å²) in [7, 11) is 1.83. The number of amides is 2. The van der Waals surface area contributed by atoms with E-state index in [9.17, 15) is 9.59 Å². The van der Waals surface area contributed by atoms with Gasteiger partial charge in [0.05, 0.1) is 18.8 Å². The summed E-state index contributed by atoms with van der Waals surface area (Å²) < 4.78 is 1.70. The van der Waals surface area contributed by atoms with E-state index in [0.29, 0.717) is 19.4 Å². The van der Waals surface area contributed by atoms with Gasteiger partial charge in [-0.2, -0.15) is 5.10 Å². The monoisotopic (exact) mass is 264 g/mol. The summed E-state index contributed by atoms with van der Waals surface area (Å²) in [6.45, 7) is 4.34. The zero-order valence-electron chi connectivity index (χ0n) is 11.6. The molecule has 1 fully saturated rings. The Morgan fingerprint density at radius 2 is 2.05 bits per heavy atom. The SMILES string of the molecule is CCC1(CC)C(=O)NCC(=O)N1Cc1ccn(C)n1. The van der Waals surface area contributed by atoms with Crippen LogP contribution in [0, 0.1) is 0 Å². The fourth-order valence-electron chi connectivity index (χ4n) is 2.68. The van der Waals surface area contributed by atoms with E-state index in [-0.39, 0.29) is 18.4 Å². The summed E-state index contributed by atoms with van der Waals surface area (Å²) >= 11 is 0. The van der Waals surface area contributed by atoms with Crippen molar-refractivity contribution in [3.05, 3.63) is 18.0 Å². The summed E-state index contributed by atoms with van der Waals surface area (Å²) in [5, 5.41) is 6.98. The quantitative estimate of drug-likeness (QED) is 0.858. The van der Waals surface area contributed by atoms with E-state index < -0.39 is 5.54 Å². The highest BCUT2D eigenvalue weighted by Gasteiger charge is 2.46. The first-order chi connectivity index (χ1) is 9.03. The van der Waals surface area contributed by atoms with E-state index in [2.05, 4.69) is 10.4 Å². The highest BCUT2D eigenvalue weighted by molar-refractivity contribution is 5.97. The van der Waals surface area contributed by atoms with Gasteiger partial charge in [-0.3, -0.25) is 14.3 Å². The second-order valence-corrected chi connectivity index (χ2v) is 4.88. The first-order valence-electron chi connectivity index (χ1n) is 6.60. The van der Waals surface area contributed by atoms with Gasteiger partial charge in [-0.1, -0.05) is 13.8 Å². The smallest absolute Gasteiger partial charge is 0.246 e. The zero-order valence-corrected chi connectivity index (χ0v) is 11.6. The van der Waals surface area contributed by atoms with E-state index in [1.54, 1.807) is 9.58 Å². The summed E-state index contributed by atoms with van der Waals surface area (Å²) in [4.78, 5) is 26.0. The van der Waals surface area contributed by atoms with Gasteiger partial charge in [-0.25, -0.2) is 0 Å². The molecule has 1 saturated heterocycles. The minimum atomic E-state index is -0.743. The fraction of sp³-hybridized carbons (Fsp3) is 0.615. The summed E-state index contributed by atoms with van der Waals surface area (Å²) in [5.74, 6) is -0.109. The van der Waals surface area contributed by atoms with Crippen LogP contribution in [0.15, 0.2) is 12.3 Å². The van der Waals surface area contributed by atoms with Crippen LogP contribution in [0.5, 0.6) is 0 Å². The van der Waals surface area contributed by atoms with Crippen molar-refractivity contribution >= 4 is 11.8 Å². The Morgan fingerprint density at radius 3 is 2.58 bits per heavy atom. The molecular weight excluding hydrogens is 244 g/mol. The van der Waals surface area contributed by atoms with Gasteiger partial charge in [-0.05, 0) is 18.9 Å². The fourth-order valence-corrected chi connectivity index (χ4v) is 2.68. The zero-order chi connectivity index (χ0) is 14.0. The molecule has 0 atom stereocenters. The molecular formula is C13H20N4O2. The minimum absolute atomic E-state index is 0.0473. The van der Waals surface area contributed by atoms with E-state index >= 15 is 0 Å². The largest absolute Gasteiger partial charge is 0.345 e. The van der Waals surface area contributed by atoms with E-state index in [1.807, 2.05) is 33.2 Å². The van der Waals surface area contributed by atoms with Crippen LogP contribution in [-0.2, 0) is 23.2 Å². The predicted molar refractivity (Wildman–Crippen MR) is 70.1 cm³/mol. The van der Waals surface area contributed by atoms with Gasteiger partial charge in [0.25, 0.3) is 0 Å². The maximum Gasteiger partial charge on any atom is 0.246 e. The van der Waals surface area contributed by atoms with Gasteiger partial charge in [-0.15, -0.1) is 0 Å². The molecule has 6 nitrogen and oxygen atoms in total. The highest BCUT2D eigenvalue weighted by atomic mass is 16.2. The molecule has 2 heterocycles. The highest BCUT2D eigenvalue weighted by Crippen LogP contribution is 2.28. The Morgan fingerprint density at radius 1 is 1.37 bits per heavy atom. The Balaban J connectivity index is 2.31. The molecule has 0 radical (unpaired) electrons. The molecule has 6 heteroatoms. The number of aromatic nitrogens is 2. The molecule has 1 aliphatic heterocycles. The van der Waals surface area contributed by atoms with Crippen LogP contribution in [0.1, 0.15) is 32.4 Å². The second-order valence-electron chi connectivity index (χ2n) is 4.88. The molecule has 2 rings (SSSR count). The number of nitrogens with one attached hydrogen (secondary N) is 1. The predicted octanol–water partition coefficient (Wildman–Crippen LogP) is 0.437. The second kappa shape index (κ2) is 5.03. The Labute approximate surface area is 112 Å². The van der Waals surface area contributed by atoms with Gasteiger partial charge in [0, 0.05) is 13.2 Å². The molecule has 0 aromatic carbocycles. The van der Waals surface area contributed by atoms with E-state index in [4.69, 9.17) is 0 Å². The van der Waals surface area contributed by atoms with Gasteiger partial charge >= 0.3 is 0 Å². The van der Waals surface area contributed by atoms with Crippen molar-refractivity contribution in [2.24, 2.45) is 7.05 Å². The van der Waals surface area contributed by atoms with Crippen LogP contribution in [-0.4, -0.2) is 38.6 Å². The molecule has 0 unspecified atom stereocenters. The lowest BCUT2D eigenvalue weighted by Gasteiger charge is -2.44. The number of carbonyl (C=O) groups excluding carboxylic acids is 2. The molecule has 0 aliphatic carbocycles. The van der Waals surface area contributed by atoms with Gasteiger partial charge in [0.2, 0.25) is 11.8 Å². The lowest BCUT2D eigenvalue weighted by atomic mass is 9.87. The molecule has 1 aromatic heterocycles. The number of hydrogen-bond acceptors (Lipinski definition) is 3. The number of aryl methyl sites for hydroxylation is 1. The van der Waals surface area contributed by atoms with Gasteiger partial charge < -0.3 is 10.2 Å². The average molecular weight is 264 g/mol. The number of hydrogen-bond donors (Lipinski definition) is 1. The van der Waals surface area contributed by atoms with Gasteiger partial charge in [0.15, 0.2) is 0 Å². The summed E-state index contributed by atoms with van der Waals surface area (Å²) in [6.07, 6.45) is 3.05. The maximum atomic E-state index is 12.2. The van der Waals surface area contributed by atoms with Crippen LogP contribution >= 0.6 is 0 Å². The average Bonchev–Trinajstić information content (AvgIpc) is 2.81. The third-order valence-electron chi connectivity index (χ3n) is 3.90. The van der Waals surface area contributed by atoms with Crippen molar-refractivity contribution in [3.63, 3.8) is 0 Å². The number of rotatable bonds is 4. The van der Waals surface area contributed by atoms with Crippen molar-refractivity contribution < 1.29 is 9.59 Å². The molecule has 1 aromatic rings. The lowest BCUT2D eigenvalue weighted by molar-refractivity contribution is -0.155. The topological polar surface area (TPSA) is 67.2 Å². The van der Waals surface area contributed by atoms with E-state index in [0.717, 1.165) is 5.69 Å². The first-order valence-corrected chi connectivity index (χ1v) is 6.60. The van der Waals surface area contributed by atoms with Gasteiger partial charge in [0.1, 0.15) is 5.54 Å². The Kier molecular flexibility index (Phi) is 3.59. The van der Waals surface area contributed by atoms with Crippen LogP contribution < -0.4 is 5.32 Å². The third kappa shape index (κ3) is 2.22. The van der Waals surface area contributed by atoms with Crippen LogP contribution in [0.4, 0.5) is 0 Å². The summed E-state index contributed by atoms with van der Waals surface area (Å²) in [5.41, 5.74) is 0.0594. The van der Waals surface area contributed by atoms with E-state index in [1.165, 1.54) is 0 Å². The minimum Gasteiger partial charge on any atom is -0.345 e. The van der Waals surface area contributed by atoms with Crippen LogP contribution in [0.25, 0.3) is 0 Å². The molecule has 2 amide bonds. The van der Waals surface area contributed by atoms with Crippen molar-refractivity contribution in [3.8, 4) is 0 Å². The van der Waals surface area contributed by atoms with Crippen molar-refractivity contribution in [2.75, 3.05) is 6.54 Å². The number of piperazine rings is 1. The standard InChI is InChI=1S/C13H20N4O2/c1-4-13(5-2)12(19)14-8-11(18)17(13)9-10-6-7-16(3)15-10/h6-7H,4-5,8-9H2,1-3H3,(H,14,19). The number of carbonyl (C=O) groups is 2. The van der Waals surface area contributed by atoms with Crippen molar-refractivity contribution in [2.45, 2.75) is 38.8 Å². The molecule has 1 N–H and O–H groups in total. The molecule has 19 heavy (non-hydrogen) atoms. The molecule has 0 bridgehead atoms. The van der Waals surface area contributed by atoms with Crippen LogP contribution in [0.3, 0.4) is 0 Å². The molecule has 0 spiro atoms. The maximum absolute atomic E-state index is 12.2. The third-order valence-corrected chi connectivity index (χ3v) is 3.90. The lowest BCUT2D eigenvalue weighted by Crippen LogP contribution is -2.66. The molecule has 104 valence electrons. The van der Waals surface area contributed by atoms with Crippen molar-refractivity contribution in [1.29, 1.82) is 0 Å². The van der Waals surface area contributed by atoms with Crippen molar-refractivity contribution in [1.82, 2.24) is 20.0 Å². The molecule has 1 aliphatic rings. The first kappa shape index (κ1) is 13.6. The normalized spacial score (nSPS) is 18.6. The summed E-state index contributed by atoms with van der Waals surface area (Å²) in [6, 6.07) is 1.87. The molecule has 0 saturated carbocycles. The Hall–Kier alpha value is -1.85. The Bertz CT molecular complexity index is 491.